The van der Waals surface area contributed by atoms with E-state index in [1.807, 2.05) is 13.8 Å². The average molecular weight is 144 g/mol. The number of hydrogen-bond acceptors (Lipinski definition) is 2. The molecule has 0 bridgehead atoms. The van der Waals surface area contributed by atoms with Crippen molar-refractivity contribution in [1.82, 2.24) is 10.2 Å². The molecule has 0 aromatic heterocycles. The van der Waals surface area contributed by atoms with Crippen LogP contribution in [0.2, 0.25) is 0 Å². The molecule has 1 aliphatic rings. The lowest BCUT2D eigenvalue weighted by molar-refractivity contribution is 0.336. The quantitative estimate of drug-likeness (QED) is 0.628. The van der Waals surface area contributed by atoms with Crippen LogP contribution in [0.25, 0.3) is 0 Å². The van der Waals surface area contributed by atoms with Crippen molar-refractivity contribution in [3.8, 4) is 0 Å². The molecule has 0 saturated carbocycles. The van der Waals surface area contributed by atoms with E-state index in [9.17, 15) is 0 Å². The summed E-state index contributed by atoms with van der Waals surface area (Å²) < 4.78 is 0. The highest BCUT2D eigenvalue weighted by Crippen LogP contribution is 1.92. The summed E-state index contributed by atoms with van der Waals surface area (Å²) in [5, 5.41) is 3.28. The van der Waals surface area contributed by atoms with Crippen LogP contribution in [-0.4, -0.2) is 31.2 Å². The lowest BCUT2D eigenvalue weighted by Crippen LogP contribution is -2.22. The zero-order chi connectivity index (χ0) is 7.82. The second kappa shape index (κ2) is 7.03. The Hall–Kier alpha value is -0.0800. The van der Waals surface area contributed by atoms with Gasteiger partial charge in [-0.1, -0.05) is 20.8 Å². The van der Waals surface area contributed by atoms with Gasteiger partial charge < -0.3 is 5.32 Å². The van der Waals surface area contributed by atoms with Crippen LogP contribution in [0.15, 0.2) is 0 Å². The van der Waals surface area contributed by atoms with Crippen LogP contribution in [0.3, 0.4) is 0 Å². The Morgan fingerprint density at radius 1 is 1.40 bits per heavy atom. The predicted octanol–water partition coefficient (Wildman–Crippen LogP) is 1.29. The molecule has 1 rings (SSSR count). The SMILES string of the molecule is CC.CCCN1CCNC1. The van der Waals surface area contributed by atoms with Crippen molar-refractivity contribution >= 4 is 0 Å². The van der Waals surface area contributed by atoms with Crippen LogP contribution in [0.4, 0.5) is 0 Å². The topological polar surface area (TPSA) is 15.3 Å². The second-order valence-electron chi connectivity index (χ2n) is 2.28. The third-order valence-electron chi connectivity index (χ3n) is 1.48. The fourth-order valence-electron chi connectivity index (χ4n) is 1.06. The molecule has 2 nitrogen and oxygen atoms in total. The van der Waals surface area contributed by atoms with Crippen molar-refractivity contribution in [1.29, 1.82) is 0 Å². The van der Waals surface area contributed by atoms with Crippen molar-refractivity contribution in [2.75, 3.05) is 26.3 Å². The summed E-state index contributed by atoms with van der Waals surface area (Å²) in [6.45, 7) is 11.0. The summed E-state index contributed by atoms with van der Waals surface area (Å²) in [5.74, 6) is 0. The molecule has 1 heterocycles. The van der Waals surface area contributed by atoms with Gasteiger partial charge >= 0.3 is 0 Å². The van der Waals surface area contributed by atoms with E-state index in [1.54, 1.807) is 0 Å². The lowest BCUT2D eigenvalue weighted by Gasteiger charge is -2.10. The summed E-state index contributed by atoms with van der Waals surface area (Å²) >= 11 is 0. The highest BCUT2D eigenvalue weighted by atomic mass is 15.3. The Morgan fingerprint density at radius 3 is 2.50 bits per heavy atom. The molecule has 1 fully saturated rings. The van der Waals surface area contributed by atoms with E-state index in [0.717, 1.165) is 6.67 Å². The minimum Gasteiger partial charge on any atom is -0.303 e. The Kier molecular flexibility index (Phi) is 6.98. The average Bonchev–Trinajstić information content (AvgIpc) is 2.46. The maximum absolute atomic E-state index is 3.28. The molecule has 0 aromatic rings. The molecule has 1 aliphatic heterocycles. The number of nitrogens with one attached hydrogen (secondary N) is 1. The highest BCUT2D eigenvalue weighted by Gasteiger charge is 2.07. The molecule has 0 unspecified atom stereocenters. The van der Waals surface area contributed by atoms with E-state index in [-0.39, 0.29) is 0 Å². The van der Waals surface area contributed by atoms with Crippen molar-refractivity contribution in [3.05, 3.63) is 0 Å². The molecular formula is C8H20N2. The third-order valence-corrected chi connectivity index (χ3v) is 1.48. The first kappa shape index (κ1) is 9.92. The van der Waals surface area contributed by atoms with E-state index in [0.29, 0.717) is 0 Å². The van der Waals surface area contributed by atoms with E-state index in [4.69, 9.17) is 0 Å². The molecule has 0 atom stereocenters. The van der Waals surface area contributed by atoms with Gasteiger partial charge in [0.15, 0.2) is 0 Å². The van der Waals surface area contributed by atoms with E-state index in [2.05, 4.69) is 17.1 Å². The largest absolute Gasteiger partial charge is 0.303 e. The zero-order valence-corrected chi connectivity index (χ0v) is 7.48. The van der Waals surface area contributed by atoms with Gasteiger partial charge in [0.05, 0.1) is 0 Å². The predicted molar refractivity (Wildman–Crippen MR) is 46.1 cm³/mol. The minimum atomic E-state index is 1.10. The molecule has 62 valence electrons. The Morgan fingerprint density at radius 2 is 2.10 bits per heavy atom. The second-order valence-corrected chi connectivity index (χ2v) is 2.28. The first-order valence-corrected chi connectivity index (χ1v) is 4.36. The molecule has 1 saturated heterocycles. The van der Waals surface area contributed by atoms with Crippen molar-refractivity contribution in [2.24, 2.45) is 0 Å². The van der Waals surface area contributed by atoms with Gasteiger partial charge in [0, 0.05) is 19.8 Å². The molecule has 0 amide bonds. The van der Waals surface area contributed by atoms with Crippen LogP contribution in [-0.2, 0) is 0 Å². The van der Waals surface area contributed by atoms with Gasteiger partial charge in [-0.3, -0.25) is 4.90 Å². The van der Waals surface area contributed by atoms with Crippen LogP contribution in [0.5, 0.6) is 0 Å². The summed E-state index contributed by atoms with van der Waals surface area (Å²) in [4.78, 5) is 2.43. The Bertz CT molecular complexity index is 58.3. The standard InChI is InChI=1S/C6H14N2.C2H6/c1-2-4-8-5-3-7-6-8;1-2/h7H,2-6H2,1H3;1-2H3. The normalized spacial score (nSPS) is 18.3. The van der Waals surface area contributed by atoms with Gasteiger partial charge in [0.2, 0.25) is 0 Å². The maximum Gasteiger partial charge on any atom is 0.0481 e. The van der Waals surface area contributed by atoms with E-state index < -0.39 is 0 Å². The van der Waals surface area contributed by atoms with Gasteiger partial charge in [0.25, 0.3) is 0 Å². The summed E-state index contributed by atoms with van der Waals surface area (Å²) in [5.41, 5.74) is 0. The zero-order valence-electron chi connectivity index (χ0n) is 7.48. The number of hydrogen-bond donors (Lipinski definition) is 1. The van der Waals surface area contributed by atoms with Gasteiger partial charge in [0.1, 0.15) is 0 Å². The smallest absolute Gasteiger partial charge is 0.0481 e. The molecule has 10 heavy (non-hydrogen) atoms. The molecule has 0 aliphatic carbocycles. The monoisotopic (exact) mass is 144 g/mol. The van der Waals surface area contributed by atoms with E-state index >= 15 is 0 Å². The van der Waals surface area contributed by atoms with Gasteiger partial charge in [-0.25, -0.2) is 0 Å². The fourth-order valence-corrected chi connectivity index (χ4v) is 1.06. The van der Waals surface area contributed by atoms with Gasteiger partial charge in [-0.2, -0.15) is 0 Å². The van der Waals surface area contributed by atoms with Crippen molar-refractivity contribution < 1.29 is 0 Å². The highest BCUT2D eigenvalue weighted by molar-refractivity contribution is 4.63. The minimum absolute atomic E-state index is 1.10. The van der Waals surface area contributed by atoms with Crippen LogP contribution < -0.4 is 5.32 Å². The van der Waals surface area contributed by atoms with Crippen molar-refractivity contribution in [2.45, 2.75) is 27.2 Å². The Balaban J connectivity index is 0.000000371. The number of nitrogens with zero attached hydrogens (tertiary/aromatic N) is 1. The van der Waals surface area contributed by atoms with Gasteiger partial charge in [-0.15, -0.1) is 0 Å². The third kappa shape index (κ3) is 3.85. The fraction of sp³-hybridized carbons (Fsp3) is 1.00. The van der Waals surface area contributed by atoms with Gasteiger partial charge in [-0.05, 0) is 13.0 Å². The molecular weight excluding hydrogens is 124 g/mol. The molecule has 2 heteroatoms. The lowest BCUT2D eigenvalue weighted by atomic mass is 10.4. The van der Waals surface area contributed by atoms with Crippen LogP contribution in [0.1, 0.15) is 27.2 Å². The first-order valence-electron chi connectivity index (χ1n) is 4.36. The molecule has 0 spiro atoms. The van der Waals surface area contributed by atoms with Crippen molar-refractivity contribution in [3.63, 3.8) is 0 Å². The first-order chi connectivity index (χ1) is 4.93. The van der Waals surface area contributed by atoms with E-state index in [1.165, 1.54) is 26.1 Å². The Labute approximate surface area is 64.6 Å². The molecule has 1 N–H and O–H groups in total. The molecule has 0 radical (unpaired) electrons. The summed E-state index contributed by atoms with van der Waals surface area (Å²) in [6, 6.07) is 0. The van der Waals surface area contributed by atoms with Crippen LogP contribution >= 0.6 is 0 Å². The maximum atomic E-state index is 3.28. The number of rotatable bonds is 2. The summed E-state index contributed by atoms with van der Waals surface area (Å²) in [6.07, 6.45) is 1.28. The molecule has 0 aromatic carbocycles. The summed E-state index contributed by atoms with van der Waals surface area (Å²) in [7, 11) is 0. The van der Waals surface area contributed by atoms with Crippen LogP contribution in [0, 0.1) is 0 Å².